The van der Waals surface area contributed by atoms with Crippen LogP contribution in [0.2, 0.25) is 0 Å². The van der Waals surface area contributed by atoms with Crippen molar-refractivity contribution in [2.45, 2.75) is 6.92 Å². The van der Waals surface area contributed by atoms with Gasteiger partial charge in [0.05, 0.1) is 18.4 Å². The molecule has 3 aromatic carbocycles. The zero-order chi connectivity index (χ0) is 23.8. The van der Waals surface area contributed by atoms with Crippen LogP contribution in [0.3, 0.4) is 0 Å². The van der Waals surface area contributed by atoms with Crippen LogP contribution in [-0.2, 0) is 4.79 Å². The predicted octanol–water partition coefficient (Wildman–Crippen LogP) is 4.66. The lowest BCUT2D eigenvalue weighted by atomic mass is 10.1. The van der Waals surface area contributed by atoms with Crippen molar-refractivity contribution in [3.63, 3.8) is 0 Å². The summed E-state index contributed by atoms with van der Waals surface area (Å²) in [6.07, 6.45) is 1.40. The number of nitrogens with zero attached hydrogens (tertiary/aromatic N) is 1. The van der Waals surface area contributed by atoms with Crippen molar-refractivity contribution in [2.75, 3.05) is 12.4 Å². The van der Waals surface area contributed by atoms with Crippen molar-refractivity contribution in [3.8, 4) is 17.6 Å². The smallest absolute Gasteiger partial charge is 0.343 e. The maximum absolute atomic E-state index is 12.5. The number of benzene rings is 3. The number of para-hydroxylation sites is 1. The van der Waals surface area contributed by atoms with Crippen molar-refractivity contribution < 1.29 is 23.9 Å². The molecule has 0 saturated heterocycles. The molecule has 0 aromatic heterocycles. The summed E-state index contributed by atoms with van der Waals surface area (Å²) in [6, 6.07) is 21.3. The van der Waals surface area contributed by atoms with Gasteiger partial charge in [0.2, 0.25) is 0 Å². The first-order chi connectivity index (χ1) is 15.9. The van der Waals surface area contributed by atoms with E-state index in [1.54, 1.807) is 72.8 Å². The Balaban J connectivity index is 1.70. The van der Waals surface area contributed by atoms with Gasteiger partial charge in [-0.1, -0.05) is 24.3 Å². The number of ketones is 1. The van der Waals surface area contributed by atoms with Gasteiger partial charge in [-0.2, -0.15) is 5.26 Å². The lowest BCUT2D eigenvalue weighted by Gasteiger charge is -2.08. The number of esters is 1. The van der Waals surface area contributed by atoms with E-state index in [-0.39, 0.29) is 11.4 Å². The van der Waals surface area contributed by atoms with Crippen molar-refractivity contribution >= 4 is 29.4 Å². The largest absolute Gasteiger partial charge is 0.497 e. The van der Waals surface area contributed by atoms with Gasteiger partial charge in [-0.05, 0) is 67.1 Å². The third-order valence-corrected chi connectivity index (χ3v) is 4.65. The van der Waals surface area contributed by atoms with Crippen LogP contribution in [-0.4, -0.2) is 24.8 Å². The van der Waals surface area contributed by atoms with Crippen LogP contribution < -0.4 is 14.8 Å². The molecule has 0 radical (unpaired) electrons. The van der Waals surface area contributed by atoms with E-state index in [2.05, 4.69) is 5.32 Å². The van der Waals surface area contributed by atoms with E-state index >= 15 is 0 Å². The summed E-state index contributed by atoms with van der Waals surface area (Å²) in [5.41, 5.74) is 1.47. The highest BCUT2D eigenvalue weighted by atomic mass is 16.5. The van der Waals surface area contributed by atoms with Crippen molar-refractivity contribution in [1.29, 1.82) is 5.26 Å². The van der Waals surface area contributed by atoms with Crippen LogP contribution in [0.15, 0.2) is 78.4 Å². The third-order valence-electron chi connectivity index (χ3n) is 4.65. The van der Waals surface area contributed by atoms with Gasteiger partial charge in [0.25, 0.3) is 5.91 Å². The average molecular weight is 440 g/mol. The highest BCUT2D eigenvalue weighted by Crippen LogP contribution is 2.19. The first-order valence-corrected chi connectivity index (χ1v) is 9.90. The van der Waals surface area contributed by atoms with Gasteiger partial charge in [0.15, 0.2) is 5.78 Å². The Morgan fingerprint density at radius 2 is 1.55 bits per heavy atom. The maximum atomic E-state index is 12.5. The number of rotatable bonds is 7. The second kappa shape index (κ2) is 10.6. The van der Waals surface area contributed by atoms with Gasteiger partial charge < -0.3 is 14.8 Å². The van der Waals surface area contributed by atoms with Gasteiger partial charge in [-0.15, -0.1) is 0 Å². The first kappa shape index (κ1) is 23.0. The zero-order valence-corrected chi connectivity index (χ0v) is 18.0. The Labute approximate surface area is 190 Å². The number of methoxy groups -OCH3 is 1. The number of nitriles is 1. The van der Waals surface area contributed by atoms with Crippen LogP contribution in [0.25, 0.3) is 6.08 Å². The van der Waals surface area contributed by atoms with Gasteiger partial charge in [0, 0.05) is 5.56 Å². The van der Waals surface area contributed by atoms with Gasteiger partial charge in [-0.3, -0.25) is 9.59 Å². The van der Waals surface area contributed by atoms with E-state index < -0.39 is 11.9 Å². The number of amides is 1. The molecular formula is C26H20N2O5. The SMILES string of the molecule is COc1ccc(C(=O)Oc2ccc(/C=C(/C#N)C(=O)Nc3ccccc3C(C)=O)cc2)cc1. The topological polar surface area (TPSA) is 105 Å². The lowest BCUT2D eigenvalue weighted by molar-refractivity contribution is -0.112. The maximum Gasteiger partial charge on any atom is 0.343 e. The Hall–Kier alpha value is -4.70. The molecule has 0 heterocycles. The number of hydrogen-bond donors (Lipinski definition) is 1. The molecule has 164 valence electrons. The fraction of sp³-hybridized carbons (Fsp3) is 0.0769. The molecule has 0 unspecified atom stereocenters. The van der Waals surface area contributed by atoms with E-state index in [4.69, 9.17) is 9.47 Å². The summed E-state index contributed by atoms with van der Waals surface area (Å²) < 4.78 is 10.4. The minimum atomic E-state index is -0.638. The number of carbonyl (C=O) groups is 3. The van der Waals surface area contributed by atoms with Gasteiger partial charge in [-0.25, -0.2) is 4.79 Å². The fourth-order valence-corrected chi connectivity index (χ4v) is 2.93. The molecule has 0 fully saturated rings. The standard InChI is InChI=1S/C26H20N2O5/c1-17(29)23-5-3-4-6-24(23)28-25(30)20(16-27)15-18-7-11-22(12-8-18)33-26(31)19-9-13-21(32-2)14-10-19/h3-15H,1-2H3,(H,28,30)/b20-15-. The molecule has 0 bridgehead atoms. The molecule has 3 rings (SSSR count). The predicted molar refractivity (Wildman–Crippen MR) is 123 cm³/mol. The minimum Gasteiger partial charge on any atom is -0.497 e. The fourth-order valence-electron chi connectivity index (χ4n) is 2.93. The summed E-state index contributed by atoms with van der Waals surface area (Å²) >= 11 is 0. The van der Waals surface area contributed by atoms with Crippen LogP contribution in [0.4, 0.5) is 5.69 Å². The van der Waals surface area contributed by atoms with Crippen molar-refractivity contribution in [1.82, 2.24) is 0 Å². The zero-order valence-electron chi connectivity index (χ0n) is 18.0. The quantitative estimate of drug-likeness (QED) is 0.188. The molecule has 0 spiro atoms. The van der Waals surface area contributed by atoms with Crippen molar-refractivity contribution in [3.05, 3.63) is 95.1 Å². The average Bonchev–Trinajstić information content (AvgIpc) is 2.83. The Kier molecular flexibility index (Phi) is 7.35. The summed E-state index contributed by atoms with van der Waals surface area (Å²) in [5.74, 6) is -0.423. The highest BCUT2D eigenvalue weighted by Gasteiger charge is 2.14. The molecule has 1 N–H and O–H groups in total. The van der Waals surface area contributed by atoms with Crippen molar-refractivity contribution in [2.24, 2.45) is 0 Å². The molecule has 1 amide bonds. The van der Waals surface area contributed by atoms with E-state index in [9.17, 15) is 19.6 Å². The number of anilines is 1. The molecule has 7 heteroatoms. The molecule has 0 aliphatic heterocycles. The van der Waals surface area contributed by atoms with Gasteiger partial charge >= 0.3 is 5.97 Å². The summed E-state index contributed by atoms with van der Waals surface area (Å²) in [4.78, 5) is 36.5. The normalized spacial score (nSPS) is 10.6. The van der Waals surface area contributed by atoms with E-state index in [1.807, 2.05) is 6.07 Å². The highest BCUT2D eigenvalue weighted by molar-refractivity contribution is 6.12. The first-order valence-electron chi connectivity index (χ1n) is 9.90. The number of carbonyl (C=O) groups excluding carboxylic acids is 3. The Morgan fingerprint density at radius 1 is 0.909 bits per heavy atom. The third kappa shape index (κ3) is 5.93. The van der Waals surface area contributed by atoms with Crippen LogP contribution in [0, 0.1) is 11.3 Å². The Morgan fingerprint density at radius 3 is 2.15 bits per heavy atom. The Bertz CT molecular complexity index is 1250. The van der Waals surface area contributed by atoms with Crippen LogP contribution >= 0.6 is 0 Å². The van der Waals surface area contributed by atoms with Crippen LogP contribution in [0.5, 0.6) is 11.5 Å². The molecule has 7 nitrogen and oxygen atoms in total. The van der Waals surface area contributed by atoms with Crippen LogP contribution in [0.1, 0.15) is 33.2 Å². The molecule has 33 heavy (non-hydrogen) atoms. The lowest BCUT2D eigenvalue weighted by Crippen LogP contribution is -2.15. The second-order valence-corrected chi connectivity index (χ2v) is 6.91. The molecule has 3 aromatic rings. The van der Waals surface area contributed by atoms with E-state index in [1.165, 1.54) is 20.1 Å². The molecule has 0 saturated carbocycles. The number of Topliss-reactive ketones (excluding diaryl/α,β-unsaturated/α-hetero) is 1. The molecule has 0 atom stereocenters. The van der Waals surface area contributed by atoms with E-state index in [0.29, 0.717) is 33.9 Å². The summed E-state index contributed by atoms with van der Waals surface area (Å²) in [6.45, 7) is 1.40. The molecule has 0 aliphatic rings. The molecular weight excluding hydrogens is 420 g/mol. The van der Waals surface area contributed by atoms with Gasteiger partial charge in [0.1, 0.15) is 23.1 Å². The molecule has 0 aliphatic carbocycles. The second-order valence-electron chi connectivity index (χ2n) is 6.91. The number of hydrogen-bond acceptors (Lipinski definition) is 6. The number of nitrogens with one attached hydrogen (secondary N) is 1. The monoisotopic (exact) mass is 440 g/mol. The number of ether oxygens (including phenoxy) is 2. The summed E-state index contributed by atoms with van der Waals surface area (Å²) in [7, 11) is 1.54. The van der Waals surface area contributed by atoms with E-state index in [0.717, 1.165) is 0 Å². The minimum absolute atomic E-state index is 0.142. The summed E-state index contributed by atoms with van der Waals surface area (Å²) in [5, 5.41) is 12.0.